The van der Waals surface area contributed by atoms with Gasteiger partial charge in [0.25, 0.3) is 20.2 Å². The highest BCUT2D eigenvalue weighted by Gasteiger charge is 2.32. The number of rotatable bonds is 3. The summed E-state index contributed by atoms with van der Waals surface area (Å²) in [6.07, 6.45) is 0. The molecule has 0 radical (unpaired) electrons. The average molecular weight is 425 g/mol. The van der Waals surface area contributed by atoms with E-state index in [-0.39, 0.29) is 30.4 Å². The van der Waals surface area contributed by atoms with Crippen LogP contribution in [0.25, 0.3) is 0 Å². The standard InChI is InChI=1S/C8H11BrClN3O4S3/c9-8-6(10)5-7(18-8)19(14,15)12-1-3-13(4-2-12)20(11,16)17/h5H,1-4H2,(H2,11,16,17). The van der Waals surface area contributed by atoms with Gasteiger partial charge in [-0.05, 0) is 22.0 Å². The number of hydrogen-bond donors (Lipinski definition) is 1. The molecule has 0 unspecified atom stereocenters. The molecular formula is C8H11BrClN3O4S3. The molecule has 12 heteroatoms. The van der Waals surface area contributed by atoms with E-state index >= 15 is 0 Å². The van der Waals surface area contributed by atoms with E-state index in [0.29, 0.717) is 8.81 Å². The quantitative estimate of drug-likeness (QED) is 0.770. The highest BCUT2D eigenvalue weighted by atomic mass is 79.9. The van der Waals surface area contributed by atoms with E-state index in [2.05, 4.69) is 15.9 Å². The topological polar surface area (TPSA) is 101 Å². The molecule has 0 amide bonds. The van der Waals surface area contributed by atoms with Crippen LogP contribution in [-0.2, 0) is 20.2 Å². The van der Waals surface area contributed by atoms with Crippen molar-refractivity contribution in [2.45, 2.75) is 4.21 Å². The van der Waals surface area contributed by atoms with Crippen LogP contribution in [0, 0.1) is 0 Å². The molecule has 1 fully saturated rings. The van der Waals surface area contributed by atoms with Crippen molar-refractivity contribution in [3.8, 4) is 0 Å². The lowest BCUT2D eigenvalue weighted by Crippen LogP contribution is -2.52. The summed E-state index contributed by atoms with van der Waals surface area (Å²) in [5.41, 5.74) is 0. The summed E-state index contributed by atoms with van der Waals surface area (Å²) in [6, 6.07) is 1.37. The molecule has 2 N–H and O–H groups in total. The Morgan fingerprint density at radius 2 is 1.65 bits per heavy atom. The van der Waals surface area contributed by atoms with E-state index in [1.54, 1.807) is 0 Å². The van der Waals surface area contributed by atoms with Gasteiger partial charge in [0.05, 0.1) is 8.81 Å². The summed E-state index contributed by atoms with van der Waals surface area (Å²) in [4.78, 5) is 0. The van der Waals surface area contributed by atoms with Crippen molar-refractivity contribution in [1.29, 1.82) is 0 Å². The van der Waals surface area contributed by atoms with Crippen LogP contribution in [0.15, 0.2) is 14.1 Å². The van der Waals surface area contributed by atoms with Crippen LogP contribution in [0.3, 0.4) is 0 Å². The smallest absolute Gasteiger partial charge is 0.216 e. The van der Waals surface area contributed by atoms with Crippen LogP contribution in [0.1, 0.15) is 0 Å². The van der Waals surface area contributed by atoms with Gasteiger partial charge in [-0.3, -0.25) is 0 Å². The molecule has 0 saturated carbocycles. The predicted molar refractivity (Wildman–Crippen MR) is 80.5 cm³/mol. The molecule has 1 aromatic rings. The van der Waals surface area contributed by atoms with Gasteiger partial charge in [0.15, 0.2) is 0 Å². The Kier molecular flexibility index (Phi) is 4.82. The second-order valence-electron chi connectivity index (χ2n) is 4.04. The van der Waals surface area contributed by atoms with Gasteiger partial charge in [0.2, 0.25) is 0 Å². The van der Waals surface area contributed by atoms with Crippen molar-refractivity contribution in [3.63, 3.8) is 0 Å². The maximum Gasteiger partial charge on any atom is 0.276 e. The number of nitrogens with zero attached hydrogens (tertiary/aromatic N) is 2. The zero-order valence-electron chi connectivity index (χ0n) is 9.99. The van der Waals surface area contributed by atoms with Crippen LogP contribution in [0.5, 0.6) is 0 Å². The van der Waals surface area contributed by atoms with Gasteiger partial charge >= 0.3 is 0 Å². The molecule has 2 rings (SSSR count). The molecule has 0 atom stereocenters. The Labute approximate surface area is 134 Å². The molecule has 1 aliphatic heterocycles. The second-order valence-corrected chi connectivity index (χ2v) is 10.5. The summed E-state index contributed by atoms with van der Waals surface area (Å²) >= 11 is 10.0. The van der Waals surface area contributed by atoms with Crippen molar-refractivity contribution in [2.24, 2.45) is 5.14 Å². The van der Waals surface area contributed by atoms with Gasteiger partial charge < -0.3 is 0 Å². The van der Waals surface area contributed by atoms with Crippen LogP contribution in [0.2, 0.25) is 5.02 Å². The first-order valence-corrected chi connectivity index (χ1v) is 10.3. The SMILES string of the molecule is NS(=O)(=O)N1CCN(S(=O)(=O)c2cc(Cl)c(Br)s2)CC1. The normalized spacial score (nSPS) is 19.4. The lowest BCUT2D eigenvalue weighted by Gasteiger charge is -2.31. The van der Waals surface area contributed by atoms with Gasteiger partial charge in [0, 0.05) is 26.2 Å². The van der Waals surface area contributed by atoms with E-state index in [9.17, 15) is 16.8 Å². The number of nitrogens with two attached hydrogens (primary N) is 1. The number of hydrogen-bond acceptors (Lipinski definition) is 5. The van der Waals surface area contributed by atoms with Crippen LogP contribution in [0.4, 0.5) is 0 Å². The molecule has 1 aliphatic rings. The third-order valence-electron chi connectivity index (χ3n) is 2.77. The average Bonchev–Trinajstić information content (AvgIpc) is 2.69. The highest BCUT2D eigenvalue weighted by molar-refractivity contribution is 9.11. The van der Waals surface area contributed by atoms with Gasteiger partial charge in [0.1, 0.15) is 4.21 Å². The lowest BCUT2D eigenvalue weighted by molar-refractivity contribution is 0.273. The third-order valence-corrected chi connectivity index (χ3v) is 8.68. The number of halogens is 2. The molecule has 1 aromatic heterocycles. The van der Waals surface area contributed by atoms with Crippen molar-refractivity contribution in [2.75, 3.05) is 26.2 Å². The molecule has 0 aromatic carbocycles. The summed E-state index contributed by atoms with van der Waals surface area (Å²) in [5, 5.41) is 5.34. The van der Waals surface area contributed by atoms with E-state index in [1.807, 2.05) is 0 Å². The van der Waals surface area contributed by atoms with E-state index in [1.165, 1.54) is 10.4 Å². The van der Waals surface area contributed by atoms with Gasteiger partial charge in [-0.15, -0.1) is 11.3 Å². The molecule has 0 bridgehead atoms. The van der Waals surface area contributed by atoms with Crippen LogP contribution in [-0.4, -0.2) is 51.6 Å². The fourth-order valence-corrected chi connectivity index (χ4v) is 6.39. The Hall–Kier alpha value is 0.250. The van der Waals surface area contributed by atoms with Crippen LogP contribution < -0.4 is 5.14 Å². The van der Waals surface area contributed by atoms with Crippen molar-refractivity contribution in [3.05, 3.63) is 14.9 Å². The molecular weight excluding hydrogens is 414 g/mol. The van der Waals surface area contributed by atoms with E-state index < -0.39 is 20.2 Å². The number of thiophene rings is 1. The minimum absolute atomic E-state index is 0.0400. The predicted octanol–water partition coefficient (Wildman–Crippen LogP) is 0.674. The lowest BCUT2D eigenvalue weighted by atomic mass is 10.4. The Morgan fingerprint density at radius 3 is 2.05 bits per heavy atom. The summed E-state index contributed by atoms with van der Waals surface area (Å²) in [5.74, 6) is 0. The van der Waals surface area contributed by atoms with Crippen molar-refractivity contribution >= 4 is 59.1 Å². The molecule has 0 aliphatic carbocycles. The van der Waals surface area contributed by atoms with E-state index in [0.717, 1.165) is 15.6 Å². The molecule has 114 valence electrons. The first-order valence-electron chi connectivity index (χ1n) is 5.35. The highest BCUT2D eigenvalue weighted by Crippen LogP contribution is 2.36. The Balaban J connectivity index is 2.17. The molecule has 0 spiro atoms. The first kappa shape index (κ1) is 16.6. The number of sulfonamides is 1. The Morgan fingerprint density at radius 1 is 1.15 bits per heavy atom. The van der Waals surface area contributed by atoms with Gasteiger partial charge in [-0.1, -0.05) is 11.6 Å². The molecule has 1 saturated heterocycles. The Bertz CT molecular complexity index is 690. The molecule has 20 heavy (non-hydrogen) atoms. The van der Waals surface area contributed by atoms with Crippen molar-refractivity contribution < 1.29 is 16.8 Å². The minimum Gasteiger partial charge on any atom is -0.216 e. The fraction of sp³-hybridized carbons (Fsp3) is 0.500. The minimum atomic E-state index is -3.78. The number of piperazine rings is 1. The fourth-order valence-electron chi connectivity index (χ4n) is 1.75. The largest absolute Gasteiger partial charge is 0.276 e. The zero-order chi connectivity index (χ0) is 15.1. The second kappa shape index (κ2) is 5.80. The molecule has 7 nitrogen and oxygen atoms in total. The monoisotopic (exact) mass is 423 g/mol. The maximum atomic E-state index is 12.4. The van der Waals surface area contributed by atoms with Crippen molar-refractivity contribution in [1.82, 2.24) is 8.61 Å². The summed E-state index contributed by atoms with van der Waals surface area (Å²) < 4.78 is 50.0. The third kappa shape index (κ3) is 3.35. The maximum absolute atomic E-state index is 12.4. The molecule has 2 heterocycles. The summed E-state index contributed by atoms with van der Waals surface area (Å²) in [6.45, 7) is 0.203. The van der Waals surface area contributed by atoms with Gasteiger partial charge in [-0.25, -0.2) is 13.6 Å². The van der Waals surface area contributed by atoms with E-state index in [4.69, 9.17) is 16.7 Å². The first-order chi connectivity index (χ1) is 9.12. The summed E-state index contributed by atoms with van der Waals surface area (Å²) in [7, 11) is -7.43. The van der Waals surface area contributed by atoms with Crippen LogP contribution >= 0.6 is 38.9 Å². The zero-order valence-corrected chi connectivity index (χ0v) is 14.8. The van der Waals surface area contributed by atoms with Gasteiger partial charge in [-0.2, -0.15) is 17.0 Å².